The number of amides is 1. The van der Waals surface area contributed by atoms with Gasteiger partial charge in [-0.05, 0) is 25.3 Å². The number of nitrogens with zero attached hydrogens (tertiary/aromatic N) is 1. The molecule has 138 valence electrons. The van der Waals surface area contributed by atoms with E-state index in [4.69, 9.17) is 21.1 Å². The van der Waals surface area contributed by atoms with Gasteiger partial charge in [0.05, 0.1) is 36.4 Å². The van der Waals surface area contributed by atoms with Crippen molar-refractivity contribution >= 4 is 35.0 Å². The van der Waals surface area contributed by atoms with E-state index in [-0.39, 0.29) is 17.2 Å². The van der Waals surface area contributed by atoms with Gasteiger partial charge in [0.1, 0.15) is 11.5 Å². The summed E-state index contributed by atoms with van der Waals surface area (Å²) in [4.78, 5) is 31.4. The highest BCUT2D eigenvalue weighted by Crippen LogP contribution is 2.36. The minimum atomic E-state index is -0.266. The minimum Gasteiger partial charge on any atom is -0.495 e. The van der Waals surface area contributed by atoms with Gasteiger partial charge in [0.2, 0.25) is 5.91 Å². The van der Waals surface area contributed by atoms with E-state index in [0.717, 1.165) is 30.5 Å². The predicted molar refractivity (Wildman–Crippen MR) is 101 cm³/mol. The Labute approximate surface area is 159 Å². The molecule has 3 rings (SSSR count). The molecule has 0 bridgehead atoms. The van der Waals surface area contributed by atoms with E-state index in [1.807, 2.05) is 0 Å². The van der Waals surface area contributed by atoms with E-state index in [0.29, 0.717) is 27.4 Å². The first-order chi connectivity index (χ1) is 12.5. The van der Waals surface area contributed by atoms with Crippen LogP contribution in [-0.4, -0.2) is 35.8 Å². The lowest BCUT2D eigenvalue weighted by molar-refractivity contribution is -0.113. The zero-order valence-corrected chi connectivity index (χ0v) is 15.9. The van der Waals surface area contributed by atoms with Crippen LogP contribution in [0.25, 0.3) is 0 Å². The maximum absolute atomic E-state index is 12.3. The van der Waals surface area contributed by atoms with Gasteiger partial charge in [-0.3, -0.25) is 9.59 Å². The Kier molecular flexibility index (Phi) is 5.73. The molecule has 0 saturated heterocycles. The Morgan fingerprint density at radius 1 is 1.31 bits per heavy atom. The smallest absolute Gasteiger partial charge is 0.254 e. The van der Waals surface area contributed by atoms with Crippen LogP contribution in [0.15, 0.2) is 22.1 Å². The van der Waals surface area contributed by atoms with Crippen molar-refractivity contribution in [1.82, 2.24) is 9.97 Å². The normalized spacial score (nSPS) is 12.6. The molecule has 1 amide bonds. The van der Waals surface area contributed by atoms with Crippen LogP contribution in [0.2, 0.25) is 5.02 Å². The first-order valence-corrected chi connectivity index (χ1v) is 9.34. The number of aryl methyl sites for hydroxylation is 1. The van der Waals surface area contributed by atoms with Gasteiger partial charge in [-0.25, -0.2) is 4.98 Å². The zero-order chi connectivity index (χ0) is 18.7. The summed E-state index contributed by atoms with van der Waals surface area (Å²) < 4.78 is 10.4. The third kappa shape index (κ3) is 3.96. The molecule has 1 aromatic carbocycles. The van der Waals surface area contributed by atoms with E-state index in [9.17, 15) is 9.59 Å². The summed E-state index contributed by atoms with van der Waals surface area (Å²) in [6, 6.07) is 3.17. The molecule has 1 aromatic heterocycles. The van der Waals surface area contributed by atoms with Gasteiger partial charge in [0.25, 0.3) is 5.56 Å². The Hall–Kier alpha value is -2.19. The average molecular weight is 396 g/mol. The number of hydrogen-bond acceptors (Lipinski definition) is 6. The van der Waals surface area contributed by atoms with Crippen LogP contribution in [0.5, 0.6) is 11.5 Å². The van der Waals surface area contributed by atoms with Crippen molar-refractivity contribution < 1.29 is 14.3 Å². The summed E-state index contributed by atoms with van der Waals surface area (Å²) in [6.45, 7) is 0. The van der Waals surface area contributed by atoms with Crippen molar-refractivity contribution in [3.8, 4) is 11.5 Å². The van der Waals surface area contributed by atoms with Crippen molar-refractivity contribution in [1.29, 1.82) is 0 Å². The quantitative estimate of drug-likeness (QED) is 0.577. The van der Waals surface area contributed by atoms with Gasteiger partial charge in [0.15, 0.2) is 5.16 Å². The number of fused-ring (bicyclic) bond motifs is 1. The largest absolute Gasteiger partial charge is 0.495 e. The van der Waals surface area contributed by atoms with Crippen molar-refractivity contribution in [2.75, 3.05) is 25.3 Å². The van der Waals surface area contributed by atoms with Crippen LogP contribution in [0.3, 0.4) is 0 Å². The fraction of sp³-hybridized carbons (Fsp3) is 0.353. The maximum atomic E-state index is 12.3. The molecule has 1 aliphatic rings. The van der Waals surface area contributed by atoms with Gasteiger partial charge in [-0.1, -0.05) is 23.4 Å². The molecule has 0 fully saturated rings. The second-order valence-electron chi connectivity index (χ2n) is 5.67. The highest BCUT2D eigenvalue weighted by molar-refractivity contribution is 7.99. The number of aromatic nitrogens is 2. The molecular formula is C17H18ClN3O4S. The summed E-state index contributed by atoms with van der Waals surface area (Å²) in [5.74, 6) is 0.719. The lowest BCUT2D eigenvalue weighted by Gasteiger charge is -2.13. The molecule has 1 heterocycles. The number of benzene rings is 1. The van der Waals surface area contributed by atoms with Crippen molar-refractivity contribution in [2.45, 2.75) is 24.4 Å². The Balaban J connectivity index is 1.67. The molecule has 0 aliphatic heterocycles. The van der Waals surface area contributed by atoms with E-state index in [2.05, 4.69) is 15.3 Å². The summed E-state index contributed by atoms with van der Waals surface area (Å²) in [7, 11) is 2.99. The van der Waals surface area contributed by atoms with Crippen LogP contribution < -0.4 is 20.3 Å². The molecule has 0 spiro atoms. The lowest BCUT2D eigenvalue weighted by atomic mass is 10.2. The first-order valence-electron chi connectivity index (χ1n) is 7.98. The Morgan fingerprint density at radius 3 is 2.81 bits per heavy atom. The van der Waals surface area contributed by atoms with Crippen molar-refractivity contribution in [3.05, 3.63) is 38.8 Å². The number of carbonyl (C=O) groups is 1. The van der Waals surface area contributed by atoms with Crippen LogP contribution in [0.1, 0.15) is 17.7 Å². The predicted octanol–water partition coefficient (Wildman–Crippen LogP) is 2.66. The fourth-order valence-electron chi connectivity index (χ4n) is 2.77. The summed E-state index contributed by atoms with van der Waals surface area (Å²) in [5.41, 5.74) is 1.93. The van der Waals surface area contributed by atoms with Crippen molar-refractivity contribution in [3.63, 3.8) is 0 Å². The Morgan fingerprint density at radius 2 is 2.08 bits per heavy atom. The SMILES string of the molecule is COc1cc(OC)c(NC(=O)CSc2nc3c(c(=O)[nH]2)CCC3)cc1Cl. The minimum absolute atomic E-state index is 0.0918. The number of rotatable bonds is 6. The highest BCUT2D eigenvalue weighted by atomic mass is 35.5. The molecule has 2 N–H and O–H groups in total. The molecule has 0 atom stereocenters. The van der Waals surface area contributed by atoms with Gasteiger partial charge in [0, 0.05) is 11.6 Å². The molecule has 9 heteroatoms. The monoisotopic (exact) mass is 395 g/mol. The second kappa shape index (κ2) is 8.01. The molecule has 2 aromatic rings. The third-order valence-electron chi connectivity index (χ3n) is 4.01. The molecule has 0 radical (unpaired) electrons. The number of H-pyrrole nitrogens is 1. The van der Waals surface area contributed by atoms with Crippen molar-refractivity contribution in [2.24, 2.45) is 0 Å². The van der Waals surface area contributed by atoms with Gasteiger partial charge in [-0.2, -0.15) is 0 Å². The Bertz CT molecular complexity index is 900. The third-order valence-corrected chi connectivity index (χ3v) is 5.18. The van der Waals surface area contributed by atoms with Crippen LogP contribution in [0, 0.1) is 0 Å². The van der Waals surface area contributed by atoms with E-state index < -0.39 is 0 Å². The average Bonchev–Trinajstić information content (AvgIpc) is 3.09. The van der Waals surface area contributed by atoms with Gasteiger partial charge < -0.3 is 19.8 Å². The van der Waals surface area contributed by atoms with Gasteiger partial charge in [-0.15, -0.1) is 0 Å². The number of hydrogen-bond donors (Lipinski definition) is 2. The number of aromatic amines is 1. The number of nitrogens with one attached hydrogen (secondary N) is 2. The van der Waals surface area contributed by atoms with Crippen LogP contribution in [0.4, 0.5) is 5.69 Å². The molecule has 1 aliphatic carbocycles. The zero-order valence-electron chi connectivity index (χ0n) is 14.3. The molecule has 7 nitrogen and oxygen atoms in total. The van der Waals surface area contributed by atoms with Gasteiger partial charge >= 0.3 is 0 Å². The summed E-state index contributed by atoms with van der Waals surface area (Å²) in [5, 5.41) is 3.56. The second-order valence-corrected chi connectivity index (χ2v) is 7.05. The highest BCUT2D eigenvalue weighted by Gasteiger charge is 2.18. The molecular weight excluding hydrogens is 378 g/mol. The number of halogens is 1. The number of carbonyl (C=O) groups excluding carboxylic acids is 1. The number of ether oxygens (including phenoxy) is 2. The van der Waals surface area contributed by atoms with Crippen LogP contribution >= 0.6 is 23.4 Å². The topological polar surface area (TPSA) is 93.3 Å². The number of anilines is 1. The standard InChI is InChI=1S/C17H18ClN3O4S/c1-24-13-7-14(25-2)12(6-10(13)18)19-15(22)8-26-17-20-11-5-3-4-9(11)16(23)21-17/h6-7H,3-5,8H2,1-2H3,(H,19,22)(H,20,21,23). The summed E-state index contributed by atoms with van der Waals surface area (Å²) in [6.07, 6.45) is 2.51. The maximum Gasteiger partial charge on any atom is 0.254 e. The van der Waals surface area contributed by atoms with E-state index in [1.165, 1.54) is 26.0 Å². The number of methoxy groups -OCH3 is 2. The summed E-state index contributed by atoms with van der Waals surface area (Å²) >= 11 is 7.28. The lowest BCUT2D eigenvalue weighted by Crippen LogP contribution is -2.18. The number of thioether (sulfide) groups is 1. The van der Waals surface area contributed by atoms with Crippen LogP contribution in [-0.2, 0) is 17.6 Å². The molecule has 0 unspecified atom stereocenters. The first kappa shape index (κ1) is 18.6. The fourth-order valence-corrected chi connectivity index (χ4v) is 3.69. The molecule has 26 heavy (non-hydrogen) atoms. The van der Waals surface area contributed by atoms with E-state index in [1.54, 1.807) is 12.1 Å². The van der Waals surface area contributed by atoms with E-state index >= 15 is 0 Å². The molecule has 0 saturated carbocycles.